The fraction of sp³-hybridized carbons (Fsp3) is 0.125. The van der Waals surface area contributed by atoms with Crippen molar-refractivity contribution in [1.82, 2.24) is 15.1 Å². The van der Waals surface area contributed by atoms with Gasteiger partial charge < -0.3 is 9.73 Å². The van der Waals surface area contributed by atoms with Crippen molar-refractivity contribution in [2.75, 3.05) is 6.54 Å². The molecule has 1 atom stereocenters. The van der Waals surface area contributed by atoms with Gasteiger partial charge in [0.2, 0.25) is 0 Å². The van der Waals surface area contributed by atoms with Crippen molar-refractivity contribution >= 4 is 5.91 Å². The van der Waals surface area contributed by atoms with Crippen LogP contribution in [0.4, 0.5) is 0 Å². The molecule has 0 aliphatic carbocycles. The van der Waals surface area contributed by atoms with Crippen LogP contribution in [0.3, 0.4) is 0 Å². The van der Waals surface area contributed by atoms with E-state index in [1.165, 1.54) is 10.7 Å². The molecule has 4 aromatic rings. The Balaban J connectivity index is 1.43. The molecule has 2 aromatic carbocycles. The number of hydrogen-bond donors (Lipinski definition) is 1. The lowest BCUT2D eigenvalue weighted by Gasteiger charge is -2.15. The molecule has 150 valence electrons. The maximum atomic E-state index is 12.5. The summed E-state index contributed by atoms with van der Waals surface area (Å²) < 4.78 is 6.70. The lowest BCUT2D eigenvalue weighted by atomic mass is 10.0. The Morgan fingerprint density at radius 2 is 1.70 bits per heavy atom. The summed E-state index contributed by atoms with van der Waals surface area (Å²) in [5.74, 6) is 0.384. The second-order valence-electron chi connectivity index (χ2n) is 6.98. The normalized spacial score (nSPS) is 11.8. The molecule has 6 nitrogen and oxygen atoms in total. The van der Waals surface area contributed by atoms with Gasteiger partial charge in [-0.1, -0.05) is 42.5 Å². The smallest absolute Gasteiger partial charge is 0.267 e. The standard InChI is InChI=1S/C24H21N3O3/c1-17(27-23(28)14-13-21(26-27)22-8-5-15-30-22)16-25-24(29)20-11-9-19(10-12-20)18-6-3-2-4-7-18/h2-15,17H,16H2,1H3,(H,25,29). The highest BCUT2D eigenvalue weighted by Gasteiger charge is 2.13. The minimum absolute atomic E-state index is 0.198. The summed E-state index contributed by atoms with van der Waals surface area (Å²) >= 11 is 0. The number of nitrogens with zero attached hydrogens (tertiary/aromatic N) is 2. The molecule has 1 amide bonds. The van der Waals surface area contributed by atoms with Crippen molar-refractivity contribution < 1.29 is 9.21 Å². The van der Waals surface area contributed by atoms with Crippen molar-refractivity contribution in [1.29, 1.82) is 0 Å². The number of hydrogen-bond acceptors (Lipinski definition) is 4. The third-order valence-electron chi connectivity index (χ3n) is 4.83. The van der Waals surface area contributed by atoms with Gasteiger partial charge in [-0.15, -0.1) is 0 Å². The maximum Gasteiger partial charge on any atom is 0.267 e. The monoisotopic (exact) mass is 399 g/mol. The predicted octanol–water partition coefficient (Wildman–Crippen LogP) is 4.16. The molecular formula is C24H21N3O3. The van der Waals surface area contributed by atoms with E-state index >= 15 is 0 Å². The molecule has 1 unspecified atom stereocenters. The van der Waals surface area contributed by atoms with Crippen LogP contribution in [0.2, 0.25) is 0 Å². The molecule has 0 saturated heterocycles. The van der Waals surface area contributed by atoms with E-state index in [-0.39, 0.29) is 24.1 Å². The average molecular weight is 399 g/mol. The molecule has 0 bridgehead atoms. The SMILES string of the molecule is CC(CNC(=O)c1ccc(-c2ccccc2)cc1)n1nc(-c2ccco2)ccc1=O. The molecule has 6 heteroatoms. The van der Waals surface area contributed by atoms with E-state index in [4.69, 9.17) is 4.42 Å². The number of amides is 1. The van der Waals surface area contributed by atoms with Gasteiger partial charge in [-0.25, -0.2) is 4.68 Å². The van der Waals surface area contributed by atoms with E-state index in [0.29, 0.717) is 17.0 Å². The first-order valence-corrected chi connectivity index (χ1v) is 9.69. The Hall–Kier alpha value is -3.93. The quantitative estimate of drug-likeness (QED) is 0.528. The number of carbonyl (C=O) groups excluding carboxylic acids is 1. The molecule has 1 N–H and O–H groups in total. The molecule has 0 aliphatic rings. The fourth-order valence-corrected chi connectivity index (χ4v) is 3.17. The molecule has 0 radical (unpaired) electrons. The molecule has 0 fully saturated rings. The maximum absolute atomic E-state index is 12.5. The second-order valence-corrected chi connectivity index (χ2v) is 6.98. The van der Waals surface area contributed by atoms with Crippen molar-refractivity contribution in [3.8, 4) is 22.6 Å². The fourth-order valence-electron chi connectivity index (χ4n) is 3.17. The Kier molecular flexibility index (Phi) is 5.57. The average Bonchev–Trinajstić information content (AvgIpc) is 3.33. The van der Waals surface area contributed by atoms with Crippen molar-refractivity contribution in [2.24, 2.45) is 0 Å². The van der Waals surface area contributed by atoms with Gasteiger partial charge in [0.25, 0.3) is 11.5 Å². The van der Waals surface area contributed by atoms with Crippen LogP contribution in [0.25, 0.3) is 22.6 Å². The van der Waals surface area contributed by atoms with E-state index in [2.05, 4.69) is 10.4 Å². The zero-order valence-electron chi connectivity index (χ0n) is 16.5. The number of rotatable bonds is 6. The summed E-state index contributed by atoms with van der Waals surface area (Å²) in [6, 6.07) is 23.7. The van der Waals surface area contributed by atoms with Gasteiger partial charge in [-0.3, -0.25) is 9.59 Å². The molecule has 0 aliphatic heterocycles. The van der Waals surface area contributed by atoms with Gasteiger partial charge in [0.15, 0.2) is 5.76 Å². The number of nitrogens with one attached hydrogen (secondary N) is 1. The molecule has 4 rings (SSSR count). The van der Waals surface area contributed by atoms with E-state index in [9.17, 15) is 9.59 Å². The molecular weight excluding hydrogens is 378 g/mol. The predicted molar refractivity (Wildman–Crippen MR) is 115 cm³/mol. The Labute approximate surface area is 173 Å². The number of carbonyl (C=O) groups is 1. The minimum Gasteiger partial charge on any atom is -0.463 e. The largest absolute Gasteiger partial charge is 0.463 e. The molecule has 2 aromatic heterocycles. The van der Waals surface area contributed by atoms with Crippen molar-refractivity contribution in [3.05, 3.63) is 101 Å². The van der Waals surface area contributed by atoms with Crippen LogP contribution in [0.1, 0.15) is 23.3 Å². The van der Waals surface area contributed by atoms with Crippen LogP contribution in [0.5, 0.6) is 0 Å². The Morgan fingerprint density at radius 1 is 0.967 bits per heavy atom. The summed E-state index contributed by atoms with van der Waals surface area (Å²) in [5, 5.41) is 7.25. The highest BCUT2D eigenvalue weighted by atomic mass is 16.3. The van der Waals surface area contributed by atoms with Gasteiger partial charge in [0.1, 0.15) is 5.69 Å². The summed E-state index contributed by atoms with van der Waals surface area (Å²) in [4.78, 5) is 24.8. The Bertz CT molecular complexity index is 1180. The molecule has 0 spiro atoms. The molecule has 2 heterocycles. The van der Waals surface area contributed by atoms with Gasteiger partial charge in [-0.2, -0.15) is 5.10 Å². The van der Waals surface area contributed by atoms with Gasteiger partial charge in [0.05, 0.1) is 12.3 Å². The van der Waals surface area contributed by atoms with E-state index < -0.39 is 0 Å². The highest BCUT2D eigenvalue weighted by molar-refractivity contribution is 5.94. The third-order valence-corrected chi connectivity index (χ3v) is 4.83. The first-order valence-electron chi connectivity index (χ1n) is 9.69. The zero-order chi connectivity index (χ0) is 20.9. The second kappa shape index (κ2) is 8.61. The summed E-state index contributed by atoms with van der Waals surface area (Å²) in [6.45, 7) is 2.10. The lowest BCUT2D eigenvalue weighted by Crippen LogP contribution is -2.34. The van der Waals surface area contributed by atoms with Gasteiger partial charge in [-0.05, 0) is 48.4 Å². The summed E-state index contributed by atoms with van der Waals surface area (Å²) in [5.41, 5.74) is 3.03. The highest BCUT2D eigenvalue weighted by Crippen LogP contribution is 2.19. The van der Waals surface area contributed by atoms with Crippen LogP contribution in [-0.4, -0.2) is 22.2 Å². The first-order chi connectivity index (χ1) is 14.6. The van der Waals surface area contributed by atoms with Crippen LogP contribution in [0, 0.1) is 0 Å². The van der Waals surface area contributed by atoms with Crippen molar-refractivity contribution in [2.45, 2.75) is 13.0 Å². The number of aromatic nitrogens is 2. The van der Waals surface area contributed by atoms with Gasteiger partial charge >= 0.3 is 0 Å². The zero-order valence-corrected chi connectivity index (χ0v) is 16.5. The molecule has 0 saturated carbocycles. The topological polar surface area (TPSA) is 77.1 Å². The number of furan rings is 1. The Morgan fingerprint density at radius 3 is 2.40 bits per heavy atom. The van der Waals surface area contributed by atoms with Gasteiger partial charge in [0, 0.05) is 18.2 Å². The van der Waals surface area contributed by atoms with E-state index in [1.807, 2.05) is 49.4 Å². The van der Waals surface area contributed by atoms with Crippen LogP contribution < -0.4 is 10.9 Å². The number of benzene rings is 2. The van der Waals surface area contributed by atoms with Crippen LogP contribution in [0.15, 0.2) is 94.3 Å². The minimum atomic E-state index is -0.319. The summed E-state index contributed by atoms with van der Waals surface area (Å²) in [6.07, 6.45) is 1.55. The van der Waals surface area contributed by atoms with Crippen LogP contribution >= 0.6 is 0 Å². The van der Waals surface area contributed by atoms with E-state index in [1.54, 1.807) is 36.6 Å². The lowest BCUT2D eigenvalue weighted by molar-refractivity contribution is 0.0947. The first kappa shape index (κ1) is 19.4. The van der Waals surface area contributed by atoms with E-state index in [0.717, 1.165) is 11.1 Å². The van der Waals surface area contributed by atoms with Crippen molar-refractivity contribution in [3.63, 3.8) is 0 Å². The molecule has 30 heavy (non-hydrogen) atoms. The third kappa shape index (κ3) is 4.22. The summed E-state index contributed by atoms with van der Waals surface area (Å²) in [7, 11) is 0. The van der Waals surface area contributed by atoms with Crippen LogP contribution in [-0.2, 0) is 0 Å².